The van der Waals surface area contributed by atoms with Crippen LogP contribution in [0, 0.1) is 11.3 Å². The molecule has 0 radical (unpaired) electrons. The Labute approximate surface area is 150 Å². The van der Waals surface area contributed by atoms with Crippen LogP contribution in [-0.4, -0.2) is 27.2 Å². The highest BCUT2D eigenvalue weighted by Gasteiger charge is 2.21. The van der Waals surface area contributed by atoms with Crippen molar-refractivity contribution >= 4 is 17.5 Å². The van der Waals surface area contributed by atoms with Crippen LogP contribution in [0.2, 0.25) is 5.02 Å². The first kappa shape index (κ1) is 18.4. The summed E-state index contributed by atoms with van der Waals surface area (Å²) in [5, 5.41) is 12.4. The molecule has 2 aromatic rings. The topological polar surface area (TPSA) is 80.6 Å². The molecule has 0 fully saturated rings. The molecule has 6 nitrogen and oxygen atoms in total. The summed E-state index contributed by atoms with van der Waals surface area (Å²) < 4.78 is 15.8. The Kier molecular flexibility index (Phi) is 6.09. The molecule has 0 saturated carbocycles. The molecule has 1 unspecified atom stereocenters. The molecule has 1 N–H and O–H groups in total. The van der Waals surface area contributed by atoms with Gasteiger partial charge in [-0.15, -0.1) is 0 Å². The maximum atomic E-state index is 12.4. The van der Waals surface area contributed by atoms with E-state index in [1.54, 1.807) is 36.4 Å². The van der Waals surface area contributed by atoms with E-state index in [9.17, 15) is 10.1 Å². The average molecular weight is 361 g/mol. The fourth-order valence-electron chi connectivity index (χ4n) is 2.31. The summed E-state index contributed by atoms with van der Waals surface area (Å²) >= 11 is 6.03. The van der Waals surface area contributed by atoms with Gasteiger partial charge in [-0.25, -0.2) is 0 Å². The van der Waals surface area contributed by atoms with E-state index in [-0.39, 0.29) is 5.56 Å². The first-order chi connectivity index (χ1) is 12.0. The minimum Gasteiger partial charge on any atom is -0.493 e. The number of halogens is 1. The van der Waals surface area contributed by atoms with Gasteiger partial charge in [0.15, 0.2) is 11.5 Å². The zero-order valence-corrected chi connectivity index (χ0v) is 14.8. The number of nitriles is 1. The van der Waals surface area contributed by atoms with Crippen LogP contribution >= 0.6 is 11.6 Å². The van der Waals surface area contributed by atoms with E-state index in [0.717, 1.165) is 0 Å². The van der Waals surface area contributed by atoms with E-state index in [1.165, 1.54) is 21.3 Å². The first-order valence-corrected chi connectivity index (χ1v) is 7.68. The highest BCUT2D eigenvalue weighted by Crippen LogP contribution is 2.39. The van der Waals surface area contributed by atoms with Gasteiger partial charge in [-0.1, -0.05) is 23.7 Å². The smallest absolute Gasteiger partial charge is 0.254 e. The van der Waals surface area contributed by atoms with Gasteiger partial charge in [0.25, 0.3) is 5.91 Å². The van der Waals surface area contributed by atoms with Crippen LogP contribution in [0.15, 0.2) is 36.4 Å². The molecule has 7 heteroatoms. The van der Waals surface area contributed by atoms with Crippen molar-refractivity contribution in [1.82, 2.24) is 5.32 Å². The summed E-state index contributed by atoms with van der Waals surface area (Å²) in [6.07, 6.45) is 0. The third-order valence-electron chi connectivity index (χ3n) is 3.54. The minimum absolute atomic E-state index is 0.289. The summed E-state index contributed by atoms with van der Waals surface area (Å²) in [6, 6.07) is 11.0. The predicted molar refractivity (Wildman–Crippen MR) is 93.4 cm³/mol. The maximum Gasteiger partial charge on any atom is 0.254 e. The molecule has 0 aliphatic heterocycles. The van der Waals surface area contributed by atoms with E-state index >= 15 is 0 Å². The van der Waals surface area contributed by atoms with Crippen molar-refractivity contribution in [3.63, 3.8) is 0 Å². The lowest BCUT2D eigenvalue weighted by Crippen LogP contribution is -2.28. The van der Waals surface area contributed by atoms with Gasteiger partial charge in [0.1, 0.15) is 6.04 Å². The Morgan fingerprint density at radius 3 is 2.20 bits per heavy atom. The normalized spacial score (nSPS) is 11.2. The van der Waals surface area contributed by atoms with Gasteiger partial charge in [0.2, 0.25) is 5.75 Å². The molecule has 2 aromatic carbocycles. The Balaban J connectivity index is 2.37. The van der Waals surface area contributed by atoms with Crippen LogP contribution < -0.4 is 19.5 Å². The molecule has 0 aliphatic rings. The van der Waals surface area contributed by atoms with Crippen molar-refractivity contribution in [2.45, 2.75) is 6.04 Å². The molecule has 130 valence electrons. The number of methoxy groups -OCH3 is 3. The van der Waals surface area contributed by atoms with Crippen molar-refractivity contribution < 1.29 is 19.0 Å². The van der Waals surface area contributed by atoms with Crippen molar-refractivity contribution in [2.75, 3.05) is 21.3 Å². The van der Waals surface area contributed by atoms with Crippen LogP contribution in [0.4, 0.5) is 0 Å². The molecule has 1 atom stereocenters. The largest absolute Gasteiger partial charge is 0.493 e. The molecule has 0 heterocycles. The van der Waals surface area contributed by atoms with Gasteiger partial charge in [-0.05, 0) is 29.8 Å². The SMILES string of the molecule is COc1cc(C(C#N)NC(=O)c2ccccc2Cl)cc(OC)c1OC. The summed E-state index contributed by atoms with van der Waals surface area (Å²) in [7, 11) is 4.44. The molecule has 1 amide bonds. The van der Waals surface area contributed by atoms with Crippen LogP contribution in [0.5, 0.6) is 17.2 Å². The third kappa shape index (κ3) is 3.95. The fraction of sp³-hybridized carbons (Fsp3) is 0.222. The molecule has 0 aliphatic carbocycles. The predicted octanol–water partition coefficient (Wildman–Crippen LogP) is 3.36. The molecular weight excluding hydrogens is 344 g/mol. The number of amides is 1. The molecule has 0 spiro atoms. The molecule has 25 heavy (non-hydrogen) atoms. The van der Waals surface area contributed by atoms with Gasteiger partial charge in [0.05, 0.1) is 38.0 Å². The standard InChI is InChI=1S/C18H17ClN2O4/c1-23-15-8-11(9-16(24-2)17(15)25-3)14(10-20)21-18(22)12-6-4-5-7-13(12)19/h4-9,14H,1-3H3,(H,21,22). The lowest BCUT2D eigenvalue weighted by Gasteiger charge is -2.17. The number of nitrogens with one attached hydrogen (secondary N) is 1. The number of nitrogens with zero attached hydrogens (tertiary/aromatic N) is 1. The second-order valence-corrected chi connectivity index (χ2v) is 5.38. The van der Waals surface area contributed by atoms with Crippen molar-refractivity contribution in [3.8, 4) is 23.3 Å². The maximum absolute atomic E-state index is 12.4. The third-order valence-corrected chi connectivity index (χ3v) is 3.87. The number of benzene rings is 2. The fourth-order valence-corrected chi connectivity index (χ4v) is 2.53. The van der Waals surface area contributed by atoms with Gasteiger partial charge in [-0.2, -0.15) is 5.26 Å². The van der Waals surface area contributed by atoms with E-state index in [1.807, 2.05) is 0 Å². The van der Waals surface area contributed by atoms with Crippen molar-refractivity contribution in [3.05, 3.63) is 52.5 Å². The Bertz CT molecular complexity index is 792. The minimum atomic E-state index is -0.919. The monoisotopic (exact) mass is 360 g/mol. The summed E-state index contributed by atoms with van der Waals surface area (Å²) in [6.45, 7) is 0. The average Bonchev–Trinajstić information content (AvgIpc) is 2.64. The molecule has 0 bridgehead atoms. The van der Waals surface area contributed by atoms with E-state index in [2.05, 4.69) is 11.4 Å². The second kappa shape index (κ2) is 8.27. The van der Waals surface area contributed by atoms with Crippen LogP contribution in [0.1, 0.15) is 22.0 Å². The number of carbonyl (C=O) groups is 1. The first-order valence-electron chi connectivity index (χ1n) is 7.30. The van der Waals surface area contributed by atoms with Crippen molar-refractivity contribution in [1.29, 1.82) is 5.26 Å². The van der Waals surface area contributed by atoms with Crippen molar-refractivity contribution in [2.24, 2.45) is 0 Å². The number of carbonyl (C=O) groups excluding carboxylic acids is 1. The van der Waals surface area contributed by atoms with Gasteiger partial charge < -0.3 is 19.5 Å². The number of hydrogen-bond acceptors (Lipinski definition) is 5. The summed E-state index contributed by atoms with van der Waals surface area (Å²) in [5.41, 5.74) is 0.786. The Morgan fingerprint density at radius 2 is 1.72 bits per heavy atom. The lowest BCUT2D eigenvalue weighted by atomic mass is 10.1. The lowest BCUT2D eigenvalue weighted by molar-refractivity contribution is 0.0945. The molecule has 0 aromatic heterocycles. The van der Waals surface area contributed by atoms with Crippen LogP contribution in [-0.2, 0) is 0 Å². The molecular formula is C18H17ClN2O4. The summed E-state index contributed by atoms with van der Waals surface area (Å²) in [4.78, 5) is 12.4. The highest BCUT2D eigenvalue weighted by molar-refractivity contribution is 6.33. The van der Waals surface area contributed by atoms with Crippen LogP contribution in [0.3, 0.4) is 0 Å². The number of ether oxygens (including phenoxy) is 3. The number of rotatable bonds is 6. The number of hydrogen-bond donors (Lipinski definition) is 1. The van der Waals surface area contributed by atoms with E-state index in [4.69, 9.17) is 25.8 Å². The Morgan fingerprint density at radius 1 is 1.12 bits per heavy atom. The highest BCUT2D eigenvalue weighted by atomic mass is 35.5. The molecule has 2 rings (SSSR count). The second-order valence-electron chi connectivity index (χ2n) is 4.97. The zero-order valence-electron chi connectivity index (χ0n) is 14.0. The van der Waals surface area contributed by atoms with Gasteiger partial charge >= 0.3 is 0 Å². The van der Waals surface area contributed by atoms with Gasteiger partial charge in [-0.3, -0.25) is 4.79 Å². The quantitative estimate of drug-likeness (QED) is 0.854. The van der Waals surface area contributed by atoms with Crippen LogP contribution in [0.25, 0.3) is 0 Å². The van der Waals surface area contributed by atoms with E-state index in [0.29, 0.717) is 27.8 Å². The zero-order chi connectivity index (χ0) is 18.4. The summed E-state index contributed by atoms with van der Waals surface area (Å²) in [5.74, 6) is 0.738. The molecule has 0 saturated heterocycles. The Hall–Kier alpha value is -2.91. The van der Waals surface area contributed by atoms with Gasteiger partial charge in [0, 0.05) is 0 Å². The van der Waals surface area contributed by atoms with E-state index < -0.39 is 11.9 Å².